The van der Waals surface area contributed by atoms with Gasteiger partial charge in [0, 0.05) is 11.6 Å². The van der Waals surface area contributed by atoms with E-state index in [0.29, 0.717) is 5.75 Å². The average Bonchev–Trinajstić information content (AvgIpc) is 2.77. The summed E-state index contributed by atoms with van der Waals surface area (Å²) >= 11 is 0. The molecule has 2 rings (SSSR count). The van der Waals surface area contributed by atoms with Gasteiger partial charge in [0.25, 0.3) is 0 Å². The number of fused-ring (bicyclic) bond motifs is 1. The Morgan fingerprint density at radius 3 is 3.08 bits per heavy atom. The first kappa shape index (κ1) is 7.22. The molecule has 0 bridgehead atoms. The lowest BCUT2D eigenvalue weighted by Gasteiger charge is -2.00. The SMILES string of the molecule is C=CCc1c(C)c(O)cc2c1O2. The molecule has 0 amide bonds. The number of hydrogen-bond donors (Lipinski definition) is 1. The van der Waals surface area contributed by atoms with Crippen LogP contribution in [0.1, 0.15) is 11.1 Å². The number of ether oxygens (including phenoxy) is 1. The van der Waals surface area contributed by atoms with Crippen molar-refractivity contribution in [2.45, 2.75) is 13.3 Å². The highest BCUT2D eigenvalue weighted by Crippen LogP contribution is 2.52. The second kappa shape index (κ2) is 2.27. The van der Waals surface area contributed by atoms with Crippen LogP contribution in [0.3, 0.4) is 0 Å². The third-order valence-corrected chi connectivity index (χ3v) is 2.12. The molecule has 2 heteroatoms. The van der Waals surface area contributed by atoms with Crippen molar-refractivity contribution in [3.8, 4) is 17.2 Å². The van der Waals surface area contributed by atoms with E-state index in [1.54, 1.807) is 6.07 Å². The number of aromatic hydroxyl groups is 1. The number of hydrogen-bond acceptors (Lipinski definition) is 2. The van der Waals surface area contributed by atoms with Gasteiger partial charge in [-0.25, -0.2) is 0 Å². The van der Waals surface area contributed by atoms with Gasteiger partial charge in [-0.3, -0.25) is 0 Å². The van der Waals surface area contributed by atoms with Gasteiger partial charge in [-0.15, -0.1) is 6.58 Å². The van der Waals surface area contributed by atoms with Crippen LogP contribution >= 0.6 is 0 Å². The fraction of sp³-hybridized carbons (Fsp3) is 0.200. The largest absolute Gasteiger partial charge is 0.508 e. The van der Waals surface area contributed by atoms with Crippen molar-refractivity contribution in [2.75, 3.05) is 0 Å². The minimum absolute atomic E-state index is 0.308. The van der Waals surface area contributed by atoms with Crippen LogP contribution in [0.15, 0.2) is 18.7 Å². The van der Waals surface area contributed by atoms with Crippen LogP contribution in [0.2, 0.25) is 0 Å². The molecule has 0 saturated carbocycles. The Bertz CT molecular complexity index is 353. The van der Waals surface area contributed by atoms with Crippen molar-refractivity contribution in [3.05, 3.63) is 29.8 Å². The summed E-state index contributed by atoms with van der Waals surface area (Å²) in [5, 5.41) is 9.43. The van der Waals surface area contributed by atoms with E-state index in [1.807, 2.05) is 13.0 Å². The van der Waals surface area contributed by atoms with Crippen LogP contribution in [-0.4, -0.2) is 5.11 Å². The number of allylic oxidation sites excluding steroid dienone is 1. The number of phenols is 1. The summed E-state index contributed by atoms with van der Waals surface area (Å²) in [6, 6.07) is 1.65. The third kappa shape index (κ3) is 0.881. The molecule has 0 radical (unpaired) electrons. The summed E-state index contributed by atoms with van der Waals surface area (Å²) in [5.41, 5.74) is 1.95. The molecule has 0 unspecified atom stereocenters. The van der Waals surface area contributed by atoms with Crippen molar-refractivity contribution < 1.29 is 9.84 Å². The van der Waals surface area contributed by atoms with E-state index in [9.17, 15) is 5.11 Å². The van der Waals surface area contributed by atoms with E-state index in [2.05, 4.69) is 6.58 Å². The van der Waals surface area contributed by atoms with Crippen LogP contribution in [0.25, 0.3) is 0 Å². The molecule has 1 aliphatic rings. The van der Waals surface area contributed by atoms with Gasteiger partial charge in [-0.2, -0.15) is 0 Å². The number of benzene rings is 1. The van der Waals surface area contributed by atoms with Gasteiger partial charge in [-0.05, 0) is 18.9 Å². The lowest BCUT2D eigenvalue weighted by atomic mass is 10.1. The predicted molar refractivity (Wildman–Crippen MR) is 46.8 cm³/mol. The highest BCUT2D eigenvalue weighted by molar-refractivity contribution is 5.66. The van der Waals surface area contributed by atoms with Gasteiger partial charge in [0.05, 0.1) is 0 Å². The molecule has 1 N–H and O–H groups in total. The molecular weight excluding hydrogens is 152 g/mol. The standard InChI is InChI=1S/C10H10O2/c1-3-4-7-6(2)8(11)5-9-10(7)12-9/h3,5,11H,1,4H2,2H3. The van der Waals surface area contributed by atoms with E-state index in [-0.39, 0.29) is 0 Å². The first-order chi connectivity index (χ1) is 5.74. The van der Waals surface area contributed by atoms with E-state index >= 15 is 0 Å². The molecule has 1 aromatic rings. The lowest BCUT2D eigenvalue weighted by Crippen LogP contribution is -1.83. The van der Waals surface area contributed by atoms with Crippen molar-refractivity contribution >= 4 is 0 Å². The third-order valence-electron chi connectivity index (χ3n) is 2.12. The molecule has 0 spiro atoms. The molecule has 2 nitrogen and oxygen atoms in total. The Kier molecular flexibility index (Phi) is 1.37. The van der Waals surface area contributed by atoms with E-state index in [4.69, 9.17) is 4.74 Å². The van der Waals surface area contributed by atoms with Gasteiger partial charge in [0.15, 0.2) is 11.5 Å². The van der Waals surface area contributed by atoms with Gasteiger partial charge >= 0.3 is 0 Å². The Morgan fingerprint density at radius 2 is 2.42 bits per heavy atom. The summed E-state index contributed by atoms with van der Waals surface area (Å²) in [4.78, 5) is 0. The van der Waals surface area contributed by atoms with Crippen LogP contribution in [0.4, 0.5) is 0 Å². The molecule has 0 atom stereocenters. The maximum atomic E-state index is 9.43. The monoisotopic (exact) mass is 162 g/mol. The molecule has 1 heterocycles. The maximum Gasteiger partial charge on any atom is 0.174 e. The fourth-order valence-corrected chi connectivity index (χ4v) is 1.34. The summed E-state index contributed by atoms with van der Waals surface area (Å²) in [6.45, 7) is 5.54. The molecular formula is C10H10O2. The molecule has 1 aliphatic heterocycles. The van der Waals surface area contributed by atoms with Crippen LogP contribution in [0, 0.1) is 6.92 Å². The van der Waals surface area contributed by atoms with Crippen LogP contribution in [-0.2, 0) is 6.42 Å². The van der Waals surface area contributed by atoms with Crippen molar-refractivity contribution in [3.63, 3.8) is 0 Å². The molecule has 1 aromatic carbocycles. The van der Waals surface area contributed by atoms with E-state index in [1.165, 1.54) is 0 Å². The zero-order chi connectivity index (χ0) is 8.72. The van der Waals surface area contributed by atoms with Gasteiger partial charge in [-0.1, -0.05) is 6.08 Å². The van der Waals surface area contributed by atoms with Gasteiger partial charge in [0.2, 0.25) is 0 Å². The normalized spacial score (nSPS) is 11.8. The molecule has 12 heavy (non-hydrogen) atoms. The minimum Gasteiger partial charge on any atom is -0.508 e. The predicted octanol–water partition coefficient (Wildman–Crippen LogP) is 2.53. The smallest absolute Gasteiger partial charge is 0.174 e. The molecule has 0 aliphatic carbocycles. The zero-order valence-corrected chi connectivity index (χ0v) is 6.92. The topological polar surface area (TPSA) is 32.8 Å². The summed E-state index contributed by atoms with van der Waals surface area (Å²) < 4.78 is 5.18. The molecule has 0 saturated heterocycles. The molecule has 62 valence electrons. The Hall–Kier alpha value is -1.44. The highest BCUT2D eigenvalue weighted by Gasteiger charge is 2.27. The molecule has 0 fully saturated rings. The van der Waals surface area contributed by atoms with E-state index in [0.717, 1.165) is 29.0 Å². The number of phenolic OH excluding ortho intramolecular Hbond substituents is 1. The van der Waals surface area contributed by atoms with Crippen molar-refractivity contribution in [2.24, 2.45) is 0 Å². The van der Waals surface area contributed by atoms with Crippen molar-refractivity contribution in [1.82, 2.24) is 0 Å². The summed E-state index contributed by atoms with van der Waals surface area (Å²) in [6.07, 6.45) is 2.56. The van der Waals surface area contributed by atoms with E-state index < -0.39 is 0 Å². The van der Waals surface area contributed by atoms with Gasteiger partial charge in [0.1, 0.15) is 5.75 Å². The summed E-state index contributed by atoms with van der Waals surface area (Å²) in [7, 11) is 0. The maximum absolute atomic E-state index is 9.43. The first-order valence-corrected chi connectivity index (χ1v) is 3.88. The van der Waals surface area contributed by atoms with Crippen molar-refractivity contribution in [1.29, 1.82) is 0 Å². The fourth-order valence-electron chi connectivity index (χ4n) is 1.34. The summed E-state index contributed by atoms with van der Waals surface area (Å²) in [5.74, 6) is 2.03. The van der Waals surface area contributed by atoms with Gasteiger partial charge < -0.3 is 9.84 Å². The second-order valence-electron chi connectivity index (χ2n) is 2.92. The Balaban J connectivity index is 2.53. The highest BCUT2D eigenvalue weighted by atomic mass is 16.6. The number of rotatable bonds is 2. The van der Waals surface area contributed by atoms with Crippen LogP contribution < -0.4 is 4.74 Å². The quantitative estimate of drug-likeness (QED) is 0.543. The molecule has 0 aromatic heterocycles. The first-order valence-electron chi connectivity index (χ1n) is 3.88. The average molecular weight is 162 g/mol. The Labute approximate surface area is 71.1 Å². The van der Waals surface area contributed by atoms with Crippen LogP contribution in [0.5, 0.6) is 17.2 Å². The minimum atomic E-state index is 0.308. The lowest BCUT2D eigenvalue weighted by molar-refractivity contribution is 0.470. The second-order valence-corrected chi connectivity index (χ2v) is 2.92. The Morgan fingerprint density at radius 1 is 1.67 bits per heavy atom. The zero-order valence-electron chi connectivity index (χ0n) is 6.92.